The summed E-state index contributed by atoms with van der Waals surface area (Å²) in [6.45, 7) is 25.9. The van der Waals surface area contributed by atoms with Gasteiger partial charge in [-0.3, -0.25) is 49.0 Å². The second kappa shape index (κ2) is 39.3. The number of benzene rings is 2. The third kappa shape index (κ3) is 23.1. The van der Waals surface area contributed by atoms with E-state index >= 15 is 0 Å². The molecule has 30 heteroatoms. The van der Waals surface area contributed by atoms with Gasteiger partial charge in [-0.2, -0.15) is 0 Å². The monoisotopic (exact) mass is 1610 g/mol. The van der Waals surface area contributed by atoms with Crippen LogP contribution in [-0.2, 0) is 84.4 Å². The number of aliphatic hydroxyl groups is 2. The summed E-state index contributed by atoms with van der Waals surface area (Å²) in [4.78, 5) is 148. The average molecular weight is 1610 g/mol. The lowest BCUT2D eigenvalue weighted by molar-refractivity contribution is -0.162. The van der Waals surface area contributed by atoms with Crippen LogP contribution >= 0.6 is 23.2 Å². The summed E-state index contributed by atoms with van der Waals surface area (Å²) < 4.78 is 35.8. The van der Waals surface area contributed by atoms with Crippen LogP contribution in [0.25, 0.3) is 0 Å². The fraction of sp³-hybridized carbons (Fsp3) is 0.622. The number of fused-ring (bicyclic) bond motifs is 10. The number of esters is 2. The lowest BCUT2D eigenvalue weighted by atomic mass is 9.82. The molecule has 6 aliphatic rings. The highest BCUT2D eigenvalue weighted by Gasteiger charge is 2.66. The number of nitrogens with zero attached hydrogens (tertiary/aromatic N) is 3. The lowest BCUT2D eigenvalue weighted by Crippen LogP contribution is -2.60. The van der Waals surface area contributed by atoms with Crippen molar-refractivity contribution in [3.05, 3.63) is 104 Å². The van der Waals surface area contributed by atoms with Crippen LogP contribution in [0.4, 0.5) is 21.0 Å². The number of Topliss-reactive ketones (excluding diaryl/α,β-unsaturated/α-hetero) is 2. The summed E-state index contributed by atoms with van der Waals surface area (Å²) in [5.74, 6) is -6.95. The highest BCUT2D eigenvalue weighted by atomic mass is 35.5. The highest BCUT2D eigenvalue weighted by molar-refractivity contribution is 6.35. The number of rotatable bonds is 18. The molecule has 2 aromatic carbocycles. The first kappa shape index (κ1) is 94.5. The largest absolute Gasteiger partial charge is 0.457 e. The van der Waals surface area contributed by atoms with E-state index in [1.54, 1.807) is 61.8 Å². The second-order valence-electron chi connectivity index (χ2n) is 31.2. The quantitative estimate of drug-likeness (QED) is 0.0391. The van der Waals surface area contributed by atoms with Gasteiger partial charge in [0.25, 0.3) is 0 Å². The minimum atomic E-state index is -1.66. The Morgan fingerprint density at radius 3 is 1.49 bits per heavy atom. The van der Waals surface area contributed by atoms with E-state index in [9.17, 15) is 63.0 Å². The predicted octanol–water partition coefficient (Wildman–Crippen LogP) is 9.21. The Morgan fingerprint density at radius 2 is 1.07 bits per heavy atom. The molecule has 0 radical (unpaired) electrons. The number of nitrogens with two attached hydrogens (primary N) is 1. The van der Waals surface area contributed by atoms with E-state index in [2.05, 4.69) is 26.6 Å². The minimum absolute atomic E-state index is 0. The van der Waals surface area contributed by atoms with Gasteiger partial charge in [0.15, 0.2) is 11.6 Å². The summed E-state index contributed by atoms with van der Waals surface area (Å²) in [7, 11) is 6.30. The zero-order valence-electron chi connectivity index (χ0n) is 66.7. The highest BCUT2D eigenvalue weighted by Crippen LogP contribution is 2.51. The van der Waals surface area contributed by atoms with E-state index in [1.165, 1.54) is 49.4 Å². The van der Waals surface area contributed by atoms with Crippen molar-refractivity contribution < 1.29 is 91.4 Å². The number of hydrogen-bond acceptors (Lipinski definition) is 21. The number of allylic oxidation sites excluding steroid dienone is 6. The van der Waals surface area contributed by atoms with E-state index in [0.717, 1.165) is 33.4 Å². The minimum Gasteiger partial charge on any atom is -0.457 e. The first-order valence-electron chi connectivity index (χ1n) is 37.6. The molecule has 6 aliphatic heterocycles. The molecule has 7 amide bonds. The van der Waals surface area contributed by atoms with Gasteiger partial charge in [-0.1, -0.05) is 132 Å². The number of epoxide rings is 2. The van der Waals surface area contributed by atoms with Gasteiger partial charge < -0.3 is 75.0 Å². The molecule has 8 rings (SSSR count). The van der Waals surface area contributed by atoms with Gasteiger partial charge in [-0.25, -0.2) is 14.4 Å². The number of amides is 7. The summed E-state index contributed by atoms with van der Waals surface area (Å²) in [6, 6.07) is 4.19. The Bertz CT molecular complexity index is 3960. The first-order chi connectivity index (χ1) is 51.3. The van der Waals surface area contributed by atoms with Gasteiger partial charge >= 0.3 is 24.1 Å². The molecule has 4 saturated heterocycles. The van der Waals surface area contributed by atoms with E-state index in [0.29, 0.717) is 34.3 Å². The van der Waals surface area contributed by atoms with Crippen LogP contribution in [0.5, 0.6) is 0 Å². The molecule has 0 aromatic heterocycles. The smallest absolute Gasteiger partial charge is 0.409 e. The SMILES string of the molecule is C.C.C/C1=C\C=C\C(C)C2(O)CC(OC(=O)N2)C(C)C2OC2(C)C(OC(=O)C(C)N(C)C(=O)CCCC(=O)NC(C)C(=O)CC(C)C(=O)NC(C)C(=O)CN)CC(=O)N(C)c2cc(cc(C)c2Cl)C1.CNC(C)C(=O)OC1CC(=O)N(C)c2cc(cc(C)c2Cl)C/C(C)=C/C=C/C(C)C2(O)CC(OC(=O)N2)C(C)C2OC12C. The predicted molar refractivity (Wildman–Crippen MR) is 427 cm³/mol. The molecule has 2 aromatic rings. The second-order valence-corrected chi connectivity index (χ2v) is 32.0. The fourth-order valence-corrected chi connectivity index (χ4v) is 14.7. The van der Waals surface area contributed by atoms with Crippen molar-refractivity contribution in [3.63, 3.8) is 0 Å². The molecule has 4 fully saturated rings. The van der Waals surface area contributed by atoms with E-state index < -0.39 is 161 Å². The van der Waals surface area contributed by atoms with Crippen LogP contribution in [0.15, 0.2) is 71.9 Å². The van der Waals surface area contributed by atoms with Crippen molar-refractivity contribution in [2.45, 2.75) is 266 Å². The standard InChI is InChI=1S/C48H69ClN6O12.C32H44ClN3O7.2CH4/c1-25-14-12-15-28(4)48(64)23-37(65-46(63)53-48)29(5)43-47(9,67-43)38(22-41(60)55(11)34-21-33(18-25)19-26(2)42(34)49)66-45(62)32(8)54(10)40(59)17-13-16-39(58)51-30(6)35(56)20-27(3)44(61)52-31(7)36(57)24-50;1-17-10-9-11-19(3)32(40)16-24(41-30(39)35-32)20(4)28-31(6,43-28)25(42-29(38)21(5)34-7)15-26(37)36(8)23-14-22(12-17)13-18(2)27(23)33;;/h12,14-15,19,21,27-32,37-38,43,64H,13,16-18,20,22-24,50H2,1-11H3,(H,51,58)(H,52,61)(H,53,63);9-11,13-14,19-21,24-25,28,34,40H,12,15-16H2,1-8H3,(H,35,39);2*1H4/b15-12+,25-14+;11-9+,17-10+;;. The summed E-state index contributed by atoms with van der Waals surface area (Å²) in [5, 5.41) is 37.3. The molecule has 8 bridgehead atoms. The Kier molecular flexibility index (Phi) is 33.2. The van der Waals surface area contributed by atoms with Gasteiger partial charge in [-0.15, -0.1) is 0 Å². The van der Waals surface area contributed by atoms with Gasteiger partial charge in [-0.05, 0) is 130 Å². The van der Waals surface area contributed by atoms with Crippen molar-refractivity contribution in [1.29, 1.82) is 0 Å². The van der Waals surface area contributed by atoms with Crippen LogP contribution in [-0.4, -0.2) is 199 Å². The van der Waals surface area contributed by atoms with Crippen LogP contribution in [0.2, 0.25) is 10.0 Å². The maximum Gasteiger partial charge on any atom is 0.409 e. The van der Waals surface area contributed by atoms with Crippen molar-refractivity contribution in [2.75, 3.05) is 44.5 Å². The van der Waals surface area contributed by atoms with Crippen LogP contribution in [0.3, 0.4) is 0 Å². The van der Waals surface area contributed by atoms with Crippen molar-refractivity contribution >= 4 is 99.8 Å². The summed E-state index contributed by atoms with van der Waals surface area (Å²) in [6.07, 6.45) is 5.30. The van der Waals surface area contributed by atoms with Crippen molar-refractivity contribution in [3.8, 4) is 0 Å². The number of ether oxygens (including phenoxy) is 6. The number of carbonyl (C=O) groups is 11. The molecular weight excluding hydrogens is 1490 g/mol. The van der Waals surface area contributed by atoms with E-state index in [4.69, 9.17) is 57.4 Å². The van der Waals surface area contributed by atoms with Gasteiger partial charge in [0.2, 0.25) is 29.5 Å². The maximum atomic E-state index is 14.2. The zero-order chi connectivity index (χ0) is 82.1. The van der Waals surface area contributed by atoms with Gasteiger partial charge in [0, 0.05) is 82.8 Å². The molecule has 9 N–H and O–H groups in total. The zero-order valence-corrected chi connectivity index (χ0v) is 68.2. The average Bonchev–Trinajstić information content (AvgIpc) is 1.58. The third-order valence-electron chi connectivity index (χ3n) is 22.4. The number of anilines is 2. The van der Waals surface area contributed by atoms with E-state index in [1.807, 2.05) is 96.2 Å². The number of nitrogens with one attached hydrogen (secondary N) is 5. The topological polar surface area (TPSA) is 386 Å². The summed E-state index contributed by atoms with van der Waals surface area (Å²) in [5.41, 5.74) is 6.34. The van der Waals surface area contributed by atoms with Crippen LogP contribution in [0.1, 0.15) is 178 Å². The number of carbonyl (C=O) groups excluding carboxylic acids is 11. The first-order valence-corrected chi connectivity index (χ1v) is 38.3. The van der Waals surface area contributed by atoms with Gasteiger partial charge in [0.05, 0.1) is 65.1 Å². The van der Waals surface area contributed by atoms with Crippen LogP contribution < -0.4 is 42.1 Å². The number of alkyl carbamates (subject to hydrolysis) is 2. The molecule has 19 unspecified atom stereocenters. The van der Waals surface area contributed by atoms with Crippen LogP contribution in [0, 0.1) is 43.4 Å². The van der Waals surface area contributed by atoms with E-state index in [-0.39, 0.29) is 90.4 Å². The summed E-state index contributed by atoms with van der Waals surface area (Å²) >= 11 is 13.5. The Labute approximate surface area is 669 Å². The maximum absolute atomic E-state index is 14.2. The lowest BCUT2D eigenvalue weighted by Gasteiger charge is -2.41. The van der Waals surface area contributed by atoms with Crippen molar-refractivity contribution in [1.82, 2.24) is 31.5 Å². The Morgan fingerprint density at radius 1 is 0.652 bits per heavy atom. The molecule has 0 spiro atoms. The van der Waals surface area contributed by atoms with Gasteiger partial charge in [0.1, 0.15) is 59.2 Å². The number of ketones is 2. The molecule has 0 saturated carbocycles. The molecule has 622 valence electrons. The molecular formula is C82H121Cl2N9O19. The number of aryl methyl sites for hydroxylation is 2. The fourth-order valence-electron chi connectivity index (χ4n) is 14.2. The molecule has 19 atom stereocenters. The Balaban J connectivity index is 0.000000430. The Hall–Kier alpha value is -8.09. The number of likely N-dealkylation sites (N-methyl/N-ethyl adjacent to an activating group) is 2. The molecule has 6 heterocycles. The molecule has 28 nitrogen and oxygen atoms in total. The number of halogens is 2. The normalized spacial score (nSPS) is 30.8. The molecule has 0 aliphatic carbocycles. The third-order valence-corrected chi connectivity index (χ3v) is 23.4. The van der Waals surface area contributed by atoms with Crippen molar-refractivity contribution in [2.24, 2.45) is 35.3 Å². The number of hydrogen-bond donors (Lipinski definition) is 8. The molecule has 112 heavy (non-hydrogen) atoms.